The van der Waals surface area contributed by atoms with Gasteiger partial charge in [0.1, 0.15) is 0 Å². The predicted molar refractivity (Wildman–Crippen MR) is 69.1 cm³/mol. The van der Waals surface area contributed by atoms with Crippen molar-refractivity contribution in [3.63, 3.8) is 0 Å². The van der Waals surface area contributed by atoms with Gasteiger partial charge in [-0.15, -0.1) is 11.3 Å². The SMILES string of the molecule is CC(N)(c1cccc(Br)c1)c1cccs1. The molecule has 0 amide bonds. The molecule has 0 aliphatic heterocycles. The number of nitrogens with two attached hydrogens (primary N) is 1. The molecule has 3 heteroatoms. The maximum absolute atomic E-state index is 6.36. The zero-order valence-electron chi connectivity index (χ0n) is 8.41. The molecule has 1 aromatic carbocycles. The lowest BCUT2D eigenvalue weighted by molar-refractivity contribution is 0.616. The molecule has 15 heavy (non-hydrogen) atoms. The van der Waals surface area contributed by atoms with Crippen LogP contribution in [0.1, 0.15) is 17.4 Å². The van der Waals surface area contributed by atoms with E-state index < -0.39 is 5.54 Å². The molecule has 0 radical (unpaired) electrons. The summed E-state index contributed by atoms with van der Waals surface area (Å²) in [7, 11) is 0. The van der Waals surface area contributed by atoms with E-state index in [-0.39, 0.29) is 0 Å². The lowest BCUT2D eigenvalue weighted by Gasteiger charge is -2.24. The Labute approximate surface area is 102 Å². The third-order valence-corrected chi connectivity index (χ3v) is 4.06. The molecule has 0 aliphatic carbocycles. The minimum absolute atomic E-state index is 0.405. The summed E-state index contributed by atoms with van der Waals surface area (Å²) < 4.78 is 1.06. The molecule has 2 N–H and O–H groups in total. The first-order valence-corrected chi connectivity index (χ1v) is 6.37. The Morgan fingerprint density at radius 1 is 1.27 bits per heavy atom. The van der Waals surface area contributed by atoms with E-state index in [2.05, 4.69) is 39.5 Å². The average molecular weight is 282 g/mol. The highest BCUT2D eigenvalue weighted by Gasteiger charge is 2.24. The van der Waals surface area contributed by atoms with E-state index in [1.54, 1.807) is 11.3 Å². The predicted octanol–water partition coefficient (Wildman–Crippen LogP) is 3.73. The summed E-state index contributed by atoms with van der Waals surface area (Å²) in [6, 6.07) is 12.3. The van der Waals surface area contributed by atoms with Crippen molar-refractivity contribution in [3.05, 3.63) is 56.7 Å². The van der Waals surface area contributed by atoms with Gasteiger partial charge in [0.15, 0.2) is 0 Å². The lowest BCUT2D eigenvalue weighted by atomic mass is 9.92. The largest absolute Gasteiger partial charge is 0.317 e. The summed E-state index contributed by atoms with van der Waals surface area (Å²) in [6.45, 7) is 2.04. The smallest absolute Gasteiger partial charge is 0.0731 e. The molecule has 0 aliphatic rings. The number of hydrogen-bond donors (Lipinski definition) is 1. The standard InChI is InChI=1S/C12H12BrNS/c1-12(14,11-6-3-7-15-11)9-4-2-5-10(13)8-9/h2-8H,14H2,1H3. The lowest BCUT2D eigenvalue weighted by Crippen LogP contribution is -2.33. The molecule has 2 rings (SSSR count). The van der Waals surface area contributed by atoms with Gasteiger partial charge in [-0.1, -0.05) is 34.1 Å². The normalized spacial score (nSPS) is 14.9. The summed E-state index contributed by atoms with van der Waals surface area (Å²) in [5, 5.41) is 2.05. The number of halogens is 1. The molecule has 1 heterocycles. The first kappa shape index (κ1) is 10.9. The van der Waals surface area contributed by atoms with Crippen molar-refractivity contribution >= 4 is 27.3 Å². The molecule has 1 unspecified atom stereocenters. The molecule has 78 valence electrons. The molecule has 2 aromatic rings. The van der Waals surface area contributed by atoms with Crippen molar-refractivity contribution in [2.24, 2.45) is 5.73 Å². The minimum atomic E-state index is -0.405. The number of thiophene rings is 1. The van der Waals surface area contributed by atoms with Crippen LogP contribution in [0.4, 0.5) is 0 Å². The van der Waals surface area contributed by atoms with E-state index in [0.717, 1.165) is 10.0 Å². The summed E-state index contributed by atoms with van der Waals surface area (Å²) in [4.78, 5) is 1.18. The maximum Gasteiger partial charge on any atom is 0.0731 e. The van der Waals surface area contributed by atoms with E-state index in [0.29, 0.717) is 0 Å². The second-order valence-corrected chi connectivity index (χ2v) is 5.55. The Morgan fingerprint density at radius 3 is 2.67 bits per heavy atom. The fraction of sp³-hybridized carbons (Fsp3) is 0.167. The van der Waals surface area contributed by atoms with Crippen molar-refractivity contribution < 1.29 is 0 Å². The van der Waals surface area contributed by atoms with Crippen LogP contribution in [0, 0.1) is 0 Å². The summed E-state index contributed by atoms with van der Waals surface area (Å²) in [5.74, 6) is 0. The third-order valence-electron chi connectivity index (χ3n) is 2.46. The van der Waals surface area contributed by atoms with Crippen LogP contribution in [-0.4, -0.2) is 0 Å². The number of rotatable bonds is 2. The molecular weight excluding hydrogens is 270 g/mol. The zero-order valence-corrected chi connectivity index (χ0v) is 10.8. The molecule has 1 nitrogen and oxygen atoms in total. The number of benzene rings is 1. The van der Waals surface area contributed by atoms with Crippen LogP contribution in [0.25, 0.3) is 0 Å². The van der Waals surface area contributed by atoms with Gasteiger partial charge >= 0.3 is 0 Å². The topological polar surface area (TPSA) is 26.0 Å². The second kappa shape index (κ2) is 4.08. The van der Waals surface area contributed by atoms with E-state index >= 15 is 0 Å². The van der Waals surface area contributed by atoms with Gasteiger partial charge in [-0.2, -0.15) is 0 Å². The van der Waals surface area contributed by atoms with Crippen LogP contribution < -0.4 is 5.73 Å². The fourth-order valence-electron chi connectivity index (χ4n) is 1.53. The molecule has 1 atom stereocenters. The van der Waals surface area contributed by atoms with Gasteiger partial charge in [-0.3, -0.25) is 0 Å². The molecule has 1 aromatic heterocycles. The Balaban J connectivity index is 2.46. The van der Waals surface area contributed by atoms with E-state index in [1.807, 2.05) is 25.1 Å². The fourth-order valence-corrected chi connectivity index (χ4v) is 2.75. The minimum Gasteiger partial charge on any atom is -0.317 e. The van der Waals surface area contributed by atoms with Crippen LogP contribution in [-0.2, 0) is 5.54 Å². The maximum atomic E-state index is 6.36. The van der Waals surface area contributed by atoms with Gasteiger partial charge in [0, 0.05) is 9.35 Å². The van der Waals surface area contributed by atoms with E-state index in [9.17, 15) is 0 Å². The van der Waals surface area contributed by atoms with Gasteiger partial charge in [0.25, 0.3) is 0 Å². The van der Waals surface area contributed by atoms with Crippen molar-refractivity contribution in [2.75, 3.05) is 0 Å². The average Bonchev–Trinajstić information content (AvgIpc) is 2.71. The quantitative estimate of drug-likeness (QED) is 0.892. The van der Waals surface area contributed by atoms with Crippen molar-refractivity contribution in [2.45, 2.75) is 12.5 Å². The van der Waals surface area contributed by atoms with E-state index in [4.69, 9.17) is 5.73 Å². The molecule has 0 spiro atoms. The molecule has 0 saturated heterocycles. The Kier molecular flexibility index (Phi) is 2.96. The van der Waals surface area contributed by atoms with Gasteiger partial charge < -0.3 is 5.73 Å². The zero-order chi connectivity index (χ0) is 10.9. The Hall–Kier alpha value is -0.640. The monoisotopic (exact) mass is 281 g/mol. The van der Waals surface area contributed by atoms with Gasteiger partial charge in [0.05, 0.1) is 5.54 Å². The Morgan fingerprint density at radius 2 is 2.07 bits per heavy atom. The van der Waals surface area contributed by atoms with Crippen LogP contribution in [0.5, 0.6) is 0 Å². The van der Waals surface area contributed by atoms with Crippen molar-refractivity contribution in [1.29, 1.82) is 0 Å². The Bertz CT molecular complexity index is 448. The first-order chi connectivity index (χ1) is 7.10. The van der Waals surface area contributed by atoms with Crippen LogP contribution >= 0.6 is 27.3 Å². The van der Waals surface area contributed by atoms with Crippen molar-refractivity contribution in [3.8, 4) is 0 Å². The third kappa shape index (κ3) is 2.14. The second-order valence-electron chi connectivity index (χ2n) is 3.69. The summed E-state index contributed by atoms with van der Waals surface area (Å²) in [6.07, 6.45) is 0. The first-order valence-electron chi connectivity index (χ1n) is 4.69. The molecular formula is C12H12BrNS. The van der Waals surface area contributed by atoms with E-state index in [1.165, 1.54) is 4.88 Å². The highest BCUT2D eigenvalue weighted by Crippen LogP contribution is 2.31. The highest BCUT2D eigenvalue weighted by atomic mass is 79.9. The molecule has 0 saturated carbocycles. The highest BCUT2D eigenvalue weighted by molar-refractivity contribution is 9.10. The van der Waals surface area contributed by atoms with Crippen molar-refractivity contribution in [1.82, 2.24) is 0 Å². The van der Waals surface area contributed by atoms with Gasteiger partial charge in [-0.05, 0) is 36.1 Å². The van der Waals surface area contributed by atoms with Crippen LogP contribution in [0.2, 0.25) is 0 Å². The molecule has 0 fully saturated rings. The summed E-state index contributed by atoms with van der Waals surface area (Å²) in [5.41, 5.74) is 7.08. The van der Waals surface area contributed by atoms with Crippen LogP contribution in [0.15, 0.2) is 46.3 Å². The number of hydrogen-bond acceptors (Lipinski definition) is 2. The molecule has 0 bridgehead atoms. The van der Waals surface area contributed by atoms with Gasteiger partial charge in [0.2, 0.25) is 0 Å². The summed E-state index contributed by atoms with van der Waals surface area (Å²) >= 11 is 5.16. The van der Waals surface area contributed by atoms with Crippen LogP contribution in [0.3, 0.4) is 0 Å². The van der Waals surface area contributed by atoms with Gasteiger partial charge in [-0.25, -0.2) is 0 Å².